The number of ketones is 1. The number of aryl methyl sites for hydroxylation is 1. The van der Waals surface area contributed by atoms with Gasteiger partial charge in [0.15, 0.2) is 6.61 Å². The molecule has 2 amide bonds. The molecule has 1 fully saturated rings. The molecule has 1 aromatic carbocycles. The van der Waals surface area contributed by atoms with Gasteiger partial charge >= 0.3 is 5.97 Å². The summed E-state index contributed by atoms with van der Waals surface area (Å²) in [5.41, 5.74) is 1.26. The molecule has 2 aliphatic rings. The lowest BCUT2D eigenvalue weighted by Crippen LogP contribution is -2.67. The van der Waals surface area contributed by atoms with Crippen LogP contribution in [0.25, 0.3) is 0 Å². The average molecular weight is 435 g/mol. The number of carbonyl (C=O) groups is 4. The summed E-state index contributed by atoms with van der Waals surface area (Å²) in [6.45, 7) is 7.53. The molecular weight excluding hydrogens is 410 g/mol. The molecule has 0 radical (unpaired) electrons. The zero-order valence-electron chi connectivity index (χ0n) is 18.4. The molecule has 8 nitrogen and oxygen atoms in total. The van der Waals surface area contributed by atoms with Gasteiger partial charge in [0, 0.05) is 43.4 Å². The van der Waals surface area contributed by atoms with Crippen molar-refractivity contribution in [2.75, 3.05) is 18.6 Å². The largest absolute Gasteiger partial charge is 0.454 e. The van der Waals surface area contributed by atoms with Gasteiger partial charge < -0.3 is 14.2 Å². The first-order chi connectivity index (χ1) is 15.2. The molecule has 8 heteroatoms. The lowest BCUT2D eigenvalue weighted by Gasteiger charge is -2.46. The van der Waals surface area contributed by atoms with Crippen molar-refractivity contribution in [3.63, 3.8) is 0 Å². The van der Waals surface area contributed by atoms with Crippen molar-refractivity contribution in [2.24, 2.45) is 0 Å². The zero-order valence-corrected chi connectivity index (χ0v) is 18.4. The Morgan fingerprint density at radius 1 is 1.22 bits per heavy atom. The van der Waals surface area contributed by atoms with E-state index < -0.39 is 18.2 Å². The van der Waals surface area contributed by atoms with Gasteiger partial charge in [0.05, 0.1) is 11.3 Å². The maximum Gasteiger partial charge on any atom is 0.354 e. The molecular formula is C24H25N3O5. The van der Waals surface area contributed by atoms with Crippen molar-refractivity contribution in [3.8, 4) is 0 Å². The maximum absolute atomic E-state index is 13.3. The molecule has 0 unspecified atom stereocenters. The van der Waals surface area contributed by atoms with E-state index in [0.29, 0.717) is 23.4 Å². The smallest absolute Gasteiger partial charge is 0.354 e. The quantitative estimate of drug-likeness (QED) is 0.395. The van der Waals surface area contributed by atoms with Crippen LogP contribution in [-0.4, -0.2) is 52.4 Å². The van der Waals surface area contributed by atoms with Crippen molar-refractivity contribution < 1.29 is 23.9 Å². The number of likely N-dealkylation sites (N-methyl/N-ethyl adjacent to an activating group) is 1. The number of nitrogens with zero attached hydrogens (tertiary/aromatic N) is 3. The van der Waals surface area contributed by atoms with E-state index >= 15 is 0 Å². The minimum absolute atomic E-state index is 0.0949. The number of Topliss-reactive ketones (excluding diaryl/α,β-unsaturated/α-hetero) is 1. The van der Waals surface area contributed by atoms with Gasteiger partial charge in [0.1, 0.15) is 0 Å². The Morgan fingerprint density at radius 3 is 2.66 bits per heavy atom. The second kappa shape index (κ2) is 7.78. The summed E-state index contributed by atoms with van der Waals surface area (Å²) >= 11 is 0. The minimum Gasteiger partial charge on any atom is -0.454 e. The molecule has 0 saturated carbocycles. The van der Waals surface area contributed by atoms with E-state index in [1.54, 1.807) is 36.4 Å². The highest BCUT2D eigenvalue weighted by Gasteiger charge is 2.60. The van der Waals surface area contributed by atoms with Crippen LogP contribution in [0.15, 0.2) is 43.0 Å². The topological polar surface area (TPSA) is 88.9 Å². The first kappa shape index (κ1) is 21.5. The second-order valence-corrected chi connectivity index (χ2v) is 8.11. The number of para-hydroxylation sites is 1. The van der Waals surface area contributed by atoms with E-state index in [-0.39, 0.29) is 30.4 Å². The molecule has 32 heavy (non-hydrogen) atoms. The van der Waals surface area contributed by atoms with E-state index in [1.807, 2.05) is 18.4 Å². The lowest BCUT2D eigenvalue weighted by atomic mass is 9.97. The average Bonchev–Trinajstić information content (AvgIpc) is 3.28. The molecule has 2 aromatic rings. The fraction of sp³-hybridized carbons (Fsp3) is 0.333. The number of hydrogen-bond acceptors (Lipinski definition) is 5. The predicted octanol–water partition coefficient (Wildman–Crippen LogP) is 2.63. The van der Waals surface area contributed by atoms with Gasteiger partial charge in [-0.05, 0) is 32.0 Å². The van der Waals surface area contributed by atoms with Crippen LogP contribution >= 0.6 is 0 Å². The number of allylic oxidation sites excluding steroid dienone is 1. The number of esters is 1. The van der Waals surface area contributed by atoms with Crippen LogP contribution in [0.2, 0.25) is 0 Å². The van der Waals surface area contributed by atoms with Crippen LogP contribution in [0.4, 0.5) is 5.69 Å². The standard InChI is InChI=1S/C24H25N3O5/c1-5-12-26-15(2)13-18(16(26)3)20(28)14-32-23(31)24-11-10-21(29)27(24)19-9-7-6-8-17(19)22(30)25(24)4/h5-9,13H,1,10-12,14H2,2-4H3/t24-/m1/s1. The van der Waals surface area contributed by atoms with Gasteiger partial charge in [-0.1, -0.05) is 18.2 Å². The Labute approximate surface area is 186 Å². The molecule has 1 atom stereocenters. The summed E-state index contributed by atoms with van der Waals surface area (Å²) in [5, 5.41) is 0. The van der Waals surface area contributed by atoms with Crippen molar-refractivity contribution in [3.05, 3.63) is 65.5 Å². The third-order valence-corrected chi connectivity index (χ3v) is 6.39. The van der Waals surface area contributed by atoms with Gasteiger partial charge in [-0.15, -0.1) is 6.58 Å². The number of amides is 2. The summed E-state index contributed by atoms with van der Waals surface area (Å²) in [6.07, 6.45) is 1.94. The van der Waals surface area contributed by atoms with Gasteiger partial charge in [-0.3, -0.25) is 19.3 Å². The fourth-order valence-electron chi connectivity index (χ4n) is 4.71. The lowest BCUT2D eigenvalue weighted by molar-refractivity contribution is -0.155. The summed E-state index contributed by atoms with van der Waals surface area (Å²) < 4.78 is 7.39. The molecule has 0 bridgehead atoms. The van der Waals surface area contributed by atoms with Crippen LogP contribution in [0, 0.1) is 13.8 Å². The monoisotopic (exact) mass is 435 g/mol. The molecule has 166 valence electrons. The van der Waals surface area contributed by atoms with E-state index in [2.05, 4.69) is 6.58 Å². The normalized spacial score (nSPS) is 19.6. The predicted molar refractivity (Wildman–Crippen MR) is 117 cm³/mol. The van der Waals surface area contributed by atoms with E-state index in [9.17, 15) is 19.2 Å². The van der Waals surface area contributed by atoms with Gasteiger partial charge in [0.2, 0.25) is 17.4 Å². The summed E-state index contributed by atoms with van der Waals surface area (Å²) in [7, 11) is 1.48. The third-order valence-electron chi connectivity index (χ3n) is 6.39. The molecule has 1 aromatic heterocycles. The van der Waals surface area contributed by atoms with Crippen molar-refractivity contribution in [1.82, 2.24) is 9.47 Å². The Balaban J connectivity index is 1.61. The highest BCUT2D eigenvalue weighted by atomic mass is 16.5. The first-order valence-corrected chi connectivity index (χ1v) is 10.4. The molecule has 0 N–H and O–H groups in total. The van der Waals surface area contributed by atoms with Crippen molar-refractivity contribution in [1.29, 1.82) is 0 Å². The number of hydrogen-bond donors (Lipinski definition) is 0. The summed E-state index contributed by atoms with van der Waals surface area (Å²) in [6, 6.07) is 8.44. The van der Waals surface area contributed by atoms with E-state index in [4.69, 9.17) is 4.74 Å². The van der Waals surface area contributed by atoms with Crippen LogP contribution in [0.1, 0.15) is 44.9 Å². The van der Waals surface area contributed by atoms with Crippen molar-refractivity contribution >= 4 is 29.3 Å². The van der Waals surface area contributed by atoms with E-state index in [0.717, 1.165) is 11.4 Å². The Hall–Kier alpha value is -3.68. The first-order valence-electron chi connectivity index (χ1n) is 10.4. The van der Waals surface area contributed by atoms with Gasteiger partial charge in [0.25, 0.3) is 5.91 Å². The Morgan fingerprint density at radius 2 is 1.94 bits per heavy atom. The molecule has 0 aliphatic carbocycles. The molecule has 4 rings (SSSR count). The number of aromatic nitrogens is 1. The number of rotatable bonds is 6. The van der Waals surface area contributed by atoms with Crippen LogP contribution in [0.5, 0.6) is 0 Å². The highest BCUT2D eigenvalue weighted by Crippen LogP contribution is 2.44. The molecule has 3 heterocycles. The highest BCUT2D eigenvalue weighted by molar-refractivity contribution is 6.15. The van der Waals surface area contributed by atoms with Crippen LogP contribution < -0.4 is 4.90 Å². The molecule has 1 saturated heterocycles. The van der Waals surface area contributed by atoms with Crippen molar-refractivity contribution in [2.45, 2.75) is 38.9 Å². The summed E-state index contributed by atoms with van der Waals surface area (Å²) in [4.78, 5) is 54.5. The number of anilines is 1. The Bertz CT molecular complexity index is 1160. The number of carbonyl (C=O) groups excluding carboxylic acids is 4. The van der Waals surface area contributed by atoms with Gasteiger partial charge in [-0.25, -0.2) is 4.79 Å². The number of benzene rings is 1. The number of fused-ring (bicyclic) bond motifs is 3. The SMILES string of the molecule is C=CCn1c(C)cc(C(=O)COC(=O)[C@@]23CCC(=O)N2c2ccccc2C(=O)N3C)c1C. The minimum atomic E-state index is -1.59. The summed E-state index contributed by atoms with van der Waals surface area (Å²) in [5.74, 6) is -1.78. The van der Waals surface area contributed by atoms with E-state index in [1.165, 1.54) is 16.8 Å². The maximum atomic E-state index is 13.3. The third kappa shape index (κ3) is 2.97. The van der Waals surface area contributed by atoms with Crippen LogP contribution in [0.3, 0.4) is 0 Å². The zero-order chi connectivity index (χ0) is 23.2. The number of ether oxygens (including phenoxy) is 1. The van der Waals surface area contributed by atoms with Crippen LogP contribution in [-0.2, 0) is 20.9 Å². The van der Waals surface area contributed by atoms with Gasteiger partial charge in [-0.2, -0.15) is 0 Å². The second-order valence-electron chi connectivity index (χ2n) is 8.11. The fourth-order valence-corrected chi connectivity index (χ4v) is 4.71. The molecule has 2 aliphatic heterocycles. The molecule has 0 spiro atoms. The Kier molecular flexibility index (Phi) is 5.24.